The lowest BCUT2D eigenvalue weighted by Gasteiger charge is -2.39. The van der Waals surface area contributed by atoms with Gasteiger partial charge in [-0.2, -0.15) is 5.26 Å². The maximum atomic E-state index is 12.2. The molecule has 0 spiro atoms. The number of benzene rings is 1. The van der Waals surface area contributed by atoms with Gasteiger partial charge in [-0.1, -0.05) is 0 Å². The molecular weight excluding hydrogens is 330 g/mol. The van der Waals surface area contributed by atoms with Crippen molar-refractivity contribution < 1.29 is 9.53 Å². The molecule has 1 aliphatic rings. The van der Waals surface area contributed by atoms with E-state index in [1.807, 2.05) is 6.92 Å². The Hall–Kier alpha value is -2.17. The Bertz CT molecular complexity index is 811. The number of aryl methyl sites for hydroxylation is 1. The number of amides is 1. The summed E-state index contributed by atoms with van der Waals surface area (Å²) < 4.78 is 6.49. The highest BCUT2D eigenvalue weighted by atomic mass is 32.1. The van der Waals surface area contributed by atoms with E-state index in [1.165, 1.54) is 11.3 Å². The number of hydrogen-bond donors (Lipinski definition) is 1. The molecule has 2 aromatic rings. The van der Waals surface area contributed by atoms with Crippen molar-refractivity contribution in [2.24, 2.45) is 0 Å². The summed E-state index contributed by atoms with van der Waals surface area (Å²) >= 11 is 6.54. The first kappa shape index (κ1) is 15.7. The molecule has 1 aromatic carbocycles. The Morgan fingerprint density at radius 1 is 1.48 bits per heavy atom. The zero-order valence-corrected chi connectivity index (χ0v) is 14.2. The van der Waals surface area contributed by atoms with Gasteiger partial charge in [-0.3, -0.25) is 4.79 Å². The Morgan fingerprint density at radius 2 is 2.17 bits per heavy atom. The first-order chi connectivity index (χ1) is 11.0. The van der Waals surface area contributed by atoms with Crippen LogP contribution >= 0.6 is 23.6 Å². The quantitative estimate of drug-likeness (QED) is 0.865. The van der Waals surface area contributed by atoms with Gasteiger partial charge < -0.3 is 14.6 Å². The zero-order valence-electron chi connectivity index (χ0n) is 12.5. The van der Waals surface area contributed by atoms with Gasteiger partial charge in [0, 0.05) is 10.6 Å². The largest absolute Gasteiger partial charge is 0.487 e. The van der Waals surface area contributed by atoms with Gasteiger partial charge in [-0.05, 0) is 43.4 Å². The molecule has 0 unspecified atom stereocenters. The van der Waals surface area contributed by atoms with Gasteiger partial charge in [-0.25, -0.2) is 0 Å². The van der Waals surface area contributed by atoms with Crippen LogP contribution in [0.15, 0.2) is 24.3 Å². The number of ether oxygens (including phenoxy) is 1. The van der Waals surface area contributed by atoms with Gasteiger partial charge in [-0.15, -0.1) is 11.3 Å². The van der Waals surface area contributed by atoms with Crippen molar-refractivity contribution >= 4 is 29.5 Å². The number of likely N-dealkylation sites (tertiary alicyclic amines) is 1. The van der Waals surface area contributed by atoms with E-state index in [-0.39, 0.29) is 12.0 Å². The van der Waals surface area contributed by atoms with Crippen LogP contribution in [0.4, 0.5) is 0 Å². The van der Waals surface area contributed by atoms with Crippen molar-refractivity contribution in [1.82, 2.24) is 9.88 Å². The fraction of sp³-hybridized carbons (Fsp3) is 0.312. The molecule has 1 fully saturated rings. The highest BCUT2D eigenvalue weighted by Crippen LogP contribution is 2.21. The fourth-order valence-corrected chi connectivity index (χ4v) is 3.65. The molecule has 0 aliphatic carbocycles. The van der Waals surface area contributed by atoms with Gasteiger partial charge in [0.05, 0.1) is 31.1 Å². The number of aromatic amines is 1. The Balaban J connectivity index is 1.50. The molecule has 2 heterocycles. The number of carbonyl (C=O) groups excluding carboxylic acids is 1. The van der Waals surface area contributed by atoms with E-state index in [4.69, 9.17) is 22.2 Å². The molecular formula is C16H15N3O2S2. The van der Waals surface area contributed by atoms with Gasteiger partial charge in [0.2, 0.25) is 5.91 Å². The minimum absolute atomic E-state index is 0.0115. The number of H-pyrrole nitrogens is 1. The number of aromatic nitrogens is 1. The lowest BCUT2D eigenvalue weighted by molar-refractivity contribution is -0.139. The summed E-state index contributed by atoms with van der Waals surface area (Å²) in [6, 6.07) is 9.07. The molecule has 3 rings (SSSR count). The number of hydrogen-bond acceptors (Lipinski definition) is 5. The summed E-state index contributed by atoms with van der Waals surface area (Å²) in [5.74, 6) is 0.818. The summed E-state index contributed by atoms with van der Waals surface area (Å²) in [6.45, 7) is 3.11. The lowest BCUT2D eigenvalue weighted by atomic mass is 10.1. The second-order valence-corrected chi connectivity index (χ2v) is 7.19. The minimum Gasteiger partial charge on any atom is -0.487 e. The van der Waals surface area contributed by atoms with Crippen LogP contribution < -0.4 is 4.74 Å². The number of nitrogens with one attached hydrogen (secondary N) is 1. The topological polar surface area (TPSA) is 69.1 Å². The van der Waals surface area contributed by atoms with Crippen LogP contribution in [-0.4, -0.2) is 35.0 Å². The normalized spacial score (nSPS) is 14.2. The molecule has 23 heavy (non-hydrogen) atoms. The van der Waals surface area contributed by atoms with Crippen molar-refractivity contribution in [2.45, 2.75) is 19.4 Å². The lowest BCUT2D eigenvalue weighted by Crippen LogP contribution is -2.56. The Labute approximate surface area is 143 Å². The van der Waals surface area contributed by atoms with E-state index in [1.54, 1.807) is 29.2 Å². The second-order valence-electron chi connectivity index (χ2n) is 5.41. The van der Waals surface area contributed by atoms with Gasteiger partial charge in [0.25, 0.3) is 0 Å². The molecule has 0 atom stereocenters. The van der Waals surface area contributed by atoms with Gasteiger partial charge in [0.1, 0.15) is 11.9 Å². The van der Waals surface area contributed by atoms with Gasteiger partial charge >= 0.3 is 0 Å². The summed E-state index contributed by atoms with van der Waals surface area (Å²) in [5.41, 5.74) is 1.58. The average Bonchev–Trinajstić information content (AvgIpc) is 2.80. The highest BCUT2D eigenvalue weighted by Gasteiger charge is 2.32. The molecule has 0 bridgehead atoms. The molecule has 0 saturated carbocycles. The molecule has 0 radical (unpaired) electrons. The molecule has 1 amide bonds. The highest BCUT2D eigenvalue weighted by molar-refractivity contribution is 7.73. The molecule has 1 saturated heterocycles. The third kappa shape index (κ3) is 3.60. The summed E-state index contributed by atoms with van der Waals surface area (Å²) in [7, 11) is 0. The molecule has 1 aromatic heterocycles. The van der Waals surface area contributed by atoms with Crippen LogP contribution in [0.5, 0.6) is 5.75 Å². The minimum atomic E-state index is 0.0115. The van der Waals surface area contributed by atoms with Crippen LogP contribution in [0.2, 0.25) is 0 Å². The molecule has 5 nitrogen and oxygen atoms in total. The first-order valence-corrected chi connectivity index (χ1v) is 8.41. The molecule has 7 heteroatoms. The van der Waals surface area contributed by atoms with Gasteiger partial charge in [0.15, 0.2) is 3.95 Å². The van der Waals surface area contributed by atoms with Crippen LogP contribution in [0.3, 0.4) is 0 Å². The Morgan fingerprint density at radius 3 is 2.74 bits per heavy atom. The van der Waals surface area contributed by atoms with E-state index in [9.17, 15) is 4.79 Å². The average molecular weight is 345 g/mol. The van der Waals surface area contributed by atoms with E-state index < -0.39 is 0 Å². The van der Waals surface area contributed by atoms with E-state index in [0.717, 1.165) is 16.3 Å². The van der Waals surface area contributed by atoms with E-state index in [2.05, 4.69) is 11.1 Å². The third-order valence-corrected chi connectivity index (χ3v) is 5.06. The van der Waals surface area contributed by atoms with Crippen LogP contribution in [-0.2, 0) is 11.2 Å². The third-order valence-electron chi connectivity index (χ3n) is 3.72. The SMILES string of the molecule is Cc1[nH]c(=S)sc1CC(=O)N1CC(Oc2ccc(C#N)cc2)C1. The number of thiazole rings is 1. The number of carbonyl (C=O) groups is 1. The molecule has 1 N–H and O–H groups in total. The number of rotatable bonds is 4. The zero-order chi connectivity index (χ0) is 16.4. The van der Waals surface area contributed by atoms with Crippen molar-refractivity contribution in [1.29, 1.82) is 5.26 Å². The van der Waals surface area contributed by atoms with Crippen LogP contribution in [0, 0.1) is 22.2 Å². The molecule has 1 aliphatic heterocycles. The summed E-state index contributed by atoms with van der Waals surface area (Å²) in [6.07, 6.45) is 0.394. The predicted molar refractivity (Wildman–Crippen MR) is 90.1 cm³/mol. The van der Waals surface area contributed by atoms with Crippen LogP contribution in [0.25, 0.3) is 0 Å². The van der Waals surface area contributed by atoms with Crippen molar-refractivity contribution in [3.8, 4) is 11.8 Å². The smallest absolute Gasteiger partial charge is 0.228 e. The number of nitrogens with zero attached hydrogens (tertiary/aromatic N) is 2. The van der Waals surface area contributed by atoms with Crippen LogP contribution in [0.1, 0.15) is 16.1 Å². The standard InChI is InChI=1S/C16H15N3O2S2/c1-10-14(23-16(22)18-10)6-15(20)19-8-13(9-19)21-12-4-2-11(7-17)3-5-12/h2-5,13H,6,8-9H2,1H3,(H,18,22). The number of nitriles is 1. The second kappa shape index (κ2) is 6.52. The van der Waals surface area contributed by atoms with E-state index in [0.29, 0.717) is 29.0 Å². The predicted octanol–water partition coefficient (Wildman–Crippen LogP) is 2.82. The maximum absolute atomic E-state index is 12.2. The summed E-state index contributed by atoms with van der Waals surface area (Å²) in [5, 5.41) is 8.76. The Kier molecular flexibility index (Phi) is 4.46. The van der Waals surface area contributed by atoms with E-state index >= 15 is 0 Å². The van der Waals surface area contributed by atoms with Crippen molar-refractivity contribution in [3.63, 3.8) is 0 Å². The monoisotopic (exact) mass is 345 g/mol. The van der Waals surface area contributed by atoms with Crippen molar-refractivity contribution in [3.05, 3.63) is 44.4 Å². The maximum Gasteiger partial charge on any atom is 0.228 e. The molecule has 118 valence electrons. The first-order valence-electron chi connectivity index (χ1n) is 7.18. The fourth-order valence-electron chi connectivity index (χ4n) is 2.37. The summed E-state index contributed by atoms with van der Waals surface area (Å²) in [4.78, 5) is 18.1. The van der Waals surface area contributed by atoms with Crippen molar-refractivity contribution in [2.75, 3.05) is 13.1 Å².